The fourth-order valence-electron chi connectivity index (χ4n) is 2.25. The van der Waals surface area contributed by atoms with Crippen LogP contribution in [0.5, 0.6) is 0 Å². The van der Waals surface area contributed by atoms with E-state index in [4.69, 9.17) is 4.74 Å². The Bertz CT molecular complexity index is 514. The van der Waals surface area contributed by atoms with Crippen LogP contribution < -0.4 is 10.6 Å². The van der Waals surface area contributed by atoms with E-state index in [1.807, 2.05) is 42.5 Å². The number of carbonyl (C=O) groups is 2. The molecule has 1 aliphatic rings. The quantitative estimate of drug-likeness (QED) is 0.658. The fraction of sp³-hybridized carbons (Fsp3) is 0.375. The molecule has 2 rings (SSSR count). The van der Waals surface area contributed by atoms with Crippen molar-refractivity contribution in [3.05, 3.63) is 42.5 Å². The van der Waals surface area contributed by atoms with Gasteiger partial charge in [-0.05, 0) is 31.4 Å². The maximum Gasteiger partial charge on any atom is 0.328 e. The molecule has 1 heterocycles. The van der Waals surface area contributed by atoms with Crippen LogP contribution in [0.3, 0.4) is 0 Å². The molecule has 0 aliphatic carbocycles. The number of rotatable bonds is 3. The summed E-state index contributed by atoms with van der Waals surface area (Å²) < 4.78 is 4.72. The lowest BCUT2D eigenvalue weighted by Gasteiger charge is -2.21. The molecule has 2 atom stereocenters. The molecule has 0 aromatic heterocycles. The summed E-state index contributed by atoms with van der Waals surface area (Å²) in [6.45, 7) is 0. The smallest absolute Gasteiger partial charge is 0.328 e. The number of allylic oxidation sites excluding steroid dienone is 1. The number of methoxy groups -OCH3 is 1. The summed E-state index contributed by atoms with van der Waals surface area (Å²) in [5, 5.41) is 5.96. The predicted molar refractivity (Wildman–Crippen MR) is 80.8 cm³/mol. The van der Waals surface area contributed by atoms with E-state index in [-0.39, 0.29) is 11.9 Å². The van der Waals surface area contributed by atoms with E-state index in [1.54, 1.807) is 0 Å². The zero-order valence-corrected chi connectivity index (χ0v) is 12.0. The van der Waals surface area contributed by atoms with Crippen LogP contribution in [0.25, 0.3) is 0 Å². The Hall–Kier alpha value is -2.30. The molecular weight excluding hydrogens is 268 g/mol. The zero-order valence-electron chi connectivity index (χ0n) is 12.0. The van der Waals surface area contributed by atoms with E-state index in [0.29, 0.717) is 12.8 Å². The minimum Gasteiger partial charge on any atom is -0.467 e. The summed E-state index contributed by atoms with van der Waals surface area (Å²) in [6, 6.07) is 8.56. The second kappa shape index (κ2) is 7.47. The van der Waals surface area contributed by atoms with Gasteiger partial charge in [-0.25, -0.2) is 4.79 Å². The summed E-state index contributed by atoms with van der Waals surface area (Å²) in [5.41, 5.74) is 0.885. The molecule has 0 fully saturated rings. The van der Waals surface area contributed by atoms with Gasteiger partial charge < -0.3 is 15.4 Å². The summed E-state index contributed by atoms with van der Waals surface area (Å²) in [4.78, 5) is 24.0. The molecule has 0 spiro atoms. The van der Waals surface area contributed by atoms with Gasteiger partial charge in [0.2, 0.25) is 5.91 Å². The van der Waals surface area contributed by atoms with Crippen LogP contribution in [0.2, 0.25) is 0 Å². The van der Waals surface area contributed by atoms with Gasteiger partial charge in [-0.2, -0.15) is 0 Å². The summed E-state index contributed by atoms with van der Waals surface area (Å²) in [6.07, 6.45) is 5.82. The normalized spacial score (nSPS) is 24.0. The molecule has 0 saturated carbocycles. The minimum atomic E-state index is -0.628. The molecule has 2 unspecified atom stereocenters. The standard InChI is InChI=1S/C16H20N2O3/c1-21-16(20)14-11-7-3-6-10-13(15(19)18-14)17-12-8-4-2-5-9-12/h2-5,7-9,13-14,17H,6,10-11H2,1H3,(H,18,19)/b7-3-. The number of anilines is 1. The Morgan fingerprint density at radius 3 is 2.76 bits per heavy atom. The van der Waals surface area contributed by atoms with Gasteiger partial charge in [0.05, 0.1) is 7.11 Å². The van der Waals surface area contributed by atoms with Crippen molar-refractivity contribution in [2.75, 3.05) is 12.4 Å². The van der Waals surface area contributed by atoms with Crippen molar-refractivity contribution in [2.45, 2.75) is 31.3 Å². The Morgan fingerprint density at radius 1 is 1.29 bits per heavy atom. The van der Waals surface area contributed by atoms with Gasteiger partial charge >= 0.3 is 5.97 Å². The highest BCUT2D eigenvalue weighted by Gasteiger charge is 2.26. The second-order valence-corrected chi connectivity index (χ2v) is 4.93. The van der Waals surface area contributed by atoms with E-state index in [2.05, 4.69) is 10.6 Å². The first kappa shape index (κ1) is 15.1. The highest BCUT2D eigenvalue weighted by atomic mass is 16.5. The van der Waals surface area contributed by atoms with Crippen molar-refractivity contribution < 1.29 is 14.3 Å². The zero-order chi connectivity index (χ0) is 15.1. The number of esters is 1. The first-order valence-corrected chi connectivity index (χ1v) is 7.05. The minimum absolute atomic E-state index is 0.182. The molecule has 0 bridgehead atoms. The maximum atomic E-state index is 12.3. The molecule has 1 aromatic carbocycles. The number of carbonyl (C=O) groups excluding carboxylic acids is 2. The van der Waals surface area contributed by atoms with Gasteiger partial charge in [-0.15, -0.1) is 0 Å². The first-order valence-electron chi connectivity index (χ1n) is 7.05. The number of hydrogen-bond acceptors (Lipinski definition) is 4. The van der Waals surface area contributed by atoms with Crippen LogP contribution >= 0.6 is 0 Å². The molecule has 0 saturated heterocycles. The summed E-state index contributed by atoms with van der Waals surface area (Å²) in [7, 11) is 1.32. The fourth-order valence-corrected chi connectivity index (χ4v) is 2.25. The van der Waals surface area contributed by atoms with Crippen molar-refractivity contribution in [1.29, 1.82) is 0 Å². The average Bonchev–Trinajstić information content (AvgIpc) is 2.60. The van der Waals surface area contributed by atoms with Gasteiger partial charge in [0.1, 0.15) is 12.1 Å². The average molecular weight is 288 g/mol. The van der Waals surface area contributed by atoms with Crippen molar-refractivity contribution in [1.82, 2.24) is 5.32 Å². The van der Waals surface area contributed by atoms with Gasteiger partial charge in [-0.1, -0.05) is 30.4 Å². The molecule has 21 heavy (non-hydrogen) atoms. The largest absolute Gasteiger partial charge is 0.467 e. The molecular formula is C16H20N2O3. The highest BCUT2D eigenvalue weighted by molar-refractivity contribution is 5.89. The number of ether oxygens (including phenoxy) is 1. The van der Waals surface area contributed by atoms with E-state index in [9.17, 15) is 9.59 Å². The lowest BCUT2D eigenvalue weighted by molar-refractivity contribution is -0.145. The monoisotopic (exact) mass is 288 g/mol. The van der Waals surface area contributed by atoms with Crippen LogP contribution in [-0.2, 0) is 14.3 Å². The molecule has 1 aromatic rings. The van der Waals surface area contributed by atoms with Crippen LogP contribution in [0.1, 0.15) is 19.3 Å². The molecule has 0 radical (unpaired) electrons. The van der Waals surface area contributed by atoms with Crippen molar-refractivity contribution in [3.63, 3.8) is 0 Å². The third-order valence-electron chi connectivity index (χ3n) is 3.39. The van der Waals surface area contributed by atoms with Crippen LogP contribution in [0.4, 0.5) is 5.69 Å². The van der Waals surface area contributed by atoms with Crippen molar-refractivity contribution >= 4 is 17.6 Å². The Morgan fingerprint density at radius 2 is 2.05 bits per heavy atom. The van der Waals surface area contributed by atoms with Gasteiger partial charge in [0.25, 0.3) is 0 Å². The number of nitrogens with one attached hydrogen (secondary N) is 2. The molecule has 1 aliphatic heterocycles. The topological polar surface area (TPSA) is 67.4 Å². The van der Waals surface area contributed by atoms with Crippen LogP contribution in [0.15, 0.2) is 42.5 Å². The van der Waals surface area contributed by atoms with Gasteiger partial charge in [0.15, 0.2) is 0 Å². The van der Waals surface area contributed by atoms with Gasteiger partial charge in [-0.3, -0.25) is 4.79 Å². The molecule has 1 amide bonds. The van der Waals surface area contributed by atoms with E-state index in [0.717, 1.165) is 12.1 Å². The lowest BCUT2D eigenvalue weighted by Crippen LogP contribution is -2.47. The molecule has 5 nitrogen and oxygen atoms in total. The van der Waals surface area contributed by atoms with Crippen LogP contribution in [0, 0.1) is 0 Å². The van der Waals surface area contributed by atoms with E-state index < -0.39 is 12.0 Å². The van der Waals surface area contributed by atoms with Gasteiger partial charge in [0, 0.05) is 5.69 Å². The predicted octanol–water partition coefficient (Wildman–Crippen LogP) is 1.86. The Labute approximate surface area is 124 Å². The third-order valence-corrected chi connectivity index (χ3v) is 3.39. The van der Waals surface area contributed by atoms with E-state index >= 15 is 0 Å². The Kier molecular flexibility index (Phi) is 5.37. The third kappa shape index (κ3) is 4.34. The molecule has 112 valence electrons. The highest BCUT2D eigenvalue weighted by Crippen LogP contribution is 2.13. The summed E-state index contributed by atoms with van der Waals surface area (Å²) >= 11 is 0. The lowest BCUT2D eigenvalue weighted by atomic mass is 10.1. The van der Waals surface area contributed by atoms with Crippen molar-refractivity contribution in [3.8, 4) is 0 Å². The number of benzene rings is 1. The first-order chi connectivity index (χ1) is 10.2. The molecule has 2 N–H and O–H groups in total. The Balaban J connectivity index is 2.08. The van der Waals surface area contributed by atoms with Crippen LogP contribution in [-0.4, -0.2) is 31.1 Å². The molecule has 5 heteroatoms. The maximum absolute atomic E-state index is 12.3. The number of para-hydroxylation sites is 1. The van der Waals surface area contributed by atoms with Crippen molar-refractivity contribution in [2.24, 2.45) is 0 Å². The SMILES string of the molecule is COC(=O)C1C/C=C\CCC(Nc2ccccc2)C(=O)N1. The summed E-state index contributed by atoms with van der Waals surface area (Å²) in [5.74, 6) is -0.605. The number of amides is 1. The second-order valence-electron chi connectivity index (χ2n) is 4.93. The number of hydrogen-bond donors (Lipinski definition) is 2. The van der Waals surface area contributed by atoms with E-state index in [1.165, 1.54) is 7.11 Å².